The summed E-state index contributed by atoms with van der Waals surface area (Å²) in [6, 6.07) is 3.64. The van der Waals surface area contributed by atoms with Gasteiger partial charge in [-0.3, -0.25) is 4.79 Å². The number of aromatic nitrogens is 4. The lowest BCUT2D eigenvalue weighted by molar-refractivity contribution is -0.128. The summed E-state index contributed by atoms with van der Waals surface area (Å²) in [6.45, 7) is 6.15. The first kappa shape index (κ1) is 14.4. The summed E-state index contributed by atoms with van der Waals surface area (Å²) < 4.78 is 2.49. The molecular weight excluding hydrogens is 278 g/mol. The Morgan fingerprint density at radius 1 is 1.40 bits per heavy atom. The second-order valence-corrected chi connectivity index (χ2v) is 6.28. The quantitative estimate of drug-likeness (QED) is 0.898. The molecule has 2 heterocycles. The van der Waals surface area contributed by atoms with Crippen LogP contribution in [0, 0.1) is 5.41 Å². The van der Waals surface area contributed by atoms with E-state index in [0.717, 1.165) is 5.00 Å². The van der Waals surface area contributed by atoms with Crippen LogP contribution in [-0.2, 0) is 11.3 Å². The van der Waals surface area contributed by atoms with Crippen molar-refractivity contribution < 1.29 is 4.79 Å². The van der Waals surface area contributed by atoms with E-state index in [2.05, 4.69) is 15.7 Å². The minimum absolute atomic E-state index is 0.0591. The average Bonchev–Trinajstić information content (AvgIpc) is 2.98. The Bertz CT molecular complexity index is 636. The molecule has 0 radical (unpaired) electrons. The first-order chi connectivity index (χ1) is 9.39. The van der Waals surface area contributed by atoms with Crippen LogP contribution >= 0.6 is 11.3 Å². The Balaban J connectivity index is 1.99. The fourth-order valence-electron chi connectivity index (χ4n) is 1.48. The molecule has 1 N–H and O–H groups in total. The van der Waals surface area contributed by atoms with Gasteiger partial charge in [0.25, 0.3) is 0 Å². The molecule has 0 saturated carbocycles. The smallest absolute Gasteiger partial charge is 0.354 e. The summed E-state index contributed by atoms with van der Waals surface area (Å²) in [5, 5.41) is 13.0. The minimum Gasteiger partial charge on any atom is -0.354 e. The Morgan fingerprint density at radius 3 is 2.75 bits per heavy atom. The minimum atomic E-state index is -0.445. The van der Waals surface area contributed by atoms with E-state index in [-0.39, 0.29) is 11.6 Å². The first-order valence-corrected chi connectivity index (χ1v) is 7.12. The van der Waals surface area contributed by atoms with Crippen molar-refractivity contribution in [3.05, 3.63) is 28.0 Å². The third-order valence-corrected chi connectivity index (χ3v) is 3.49. The lowest BCUT2D eigenvalue weighted by atomic mass is 9.96. The van der Waals surface area contributed by atoms with Gasteiger partial charge >= 0.3 is 5.69 Å². The van der Waals surface area contributed by atoms with Crippen LogP contribution in [0.15, 0.2) is 22.3 Å². The van der Waals surface area contributed by atoms with Gasteiger partial charge in [0, 0.05) is 12.0 Å². The molecule has 0 aliphatic rings. The van der Waals surface area contributed by atoms with Crippen LogP contribution in [0.2, 0.25) is 0 Å². The molecule has 1 amide bonds. The standard InChI is InChI=1S/C12H17N5O2S/c1-12(2,3)10(18)13-6-7-16-11(19)17(15-14-16)9-5-4-8-20-9/h4-5,8H,6-7H2,1-3H3,(H,13,18). The van der Waals surface area contributed by atoms with Crippen LogP contribution in [0.4, 0.5) is 0 Å². The molecule has 0 aliphatic heterocycles. The van der Waals surface area contributed by atoms with E-state index in [9.17, 15) is 9.59 Å². The number of carbonyl (C=O) groups is 1. The molecule has 0 aliphatic carbocycles. The van der Waals surface area contributed by atoms with Crippen molar-refractivity contribution in [1.82, 2.24) is 25.1 Å². The zero-order chi connectivity index (χ0) is 14.8. The third kappa shape index (κ3) is 3.13. The number of hydrogen-bond acceptors (Lipinski definition) is 5. The van der Waals surface area contributed by atoms with Gasteiger partial charge in [0.1, 0.15) is 5.00 Å². The molecule has 8 heteroatoms. The number of tetrazole rings is 1. The molecule has 108 valence electrons. The summed E-state index contributed by atoms with van der Waals surface area (Å²) in [5.41, 5.74) is -0.753. The van der Waals surface area contributed by atoms with Crippen molar-refractivity contribution in [1.29, 1.82) is 0 Å². The molecule has 0 fully saturated rings. The number of nitrogens with zero attached hydrogens (tertiary/aromatic N) is 4. The molecular formula is C12H17N5O2S. The van der Waals surface area contributed by atoms with Gasteiger partial charge in [-0.25, -0.2) is 4.79 Å². The second kappa shape index (κ2) is 5.58. The second-order valence-electron chi connectivity index (χ2n) is 5.35. The lowest BCUT2D eigenvalue weighted by Crippen LogP contribution is -2.38. The van der Waals surface area contributed by atoms with Crippen molar-refractivity contribution in [2.24, 2.45) is 5.41 Å². The monoisotopic (exact) mass is 295 g/mol. The molecule has 0 bridgehead atoms. The highest BCUT2D eigenvalue weighted by atomic mass is 32.1. The normalized spacial score (nSPS) is 11.6. The zero-order valence-electron chi connectivity index (χ0n) is 11.7. The zero-order valence-corrected chi connectivity index (χ0v) is 12.5. The summed E-state index contributed by atoms with van der Waals surface area (Å²) in [7, 11) is 0. The fourth-order valence-corrected chi connectivity index (χ4v) is 2.15. The van der Waals surface area contributed by atoms with E-state index in [1.165, 1.54) is 20.7 Å². The van der Waals surface area contributed by atoms with Crippen LogP contribution in [0.25, 0.3) is 5.00 Å². The van der Waals surface area contributed by atoms with E-state index in [1.54, 1.807) is 6.07 Å². The van der Waals surface area contributed by atoms with E-state index >= 15 is 0 Å². The average molecular weight is 295 g/mol. The predicted molar refractivity (Wildman–Crippen MR) is 76.0 cm³/mol. The Hall–Kier alpha value is -1.96. The number of nitrogens with one attached hydrogen (secondary N) is 1. The number of carbonyl (C=O) groups excluding carboxylic acids is 1. The Kier molecular flexibility index (Phi) is 4.03. The van der Waals surface area contributed by atoms with Crippen molar-refractivity contribution in [3.63, 3.8) is 0 Å². The summed E-state index contributed by atoms with van der Waals surface area (Å²) in [4.78, 5) is 23.7. The Morgan fingerprint density at radius 2 is 2.15 bits per heavy atom. The molecule has 2 aromatic heterocycles. The van der Waals surface area contributed by atoms with Gasteiger partial charge in [-0.15, -0.1) is 11.3 Å². The Labute approximate surface area is 120 Å². The molecule has 2 rings (SSSR count). The van der Waals surface area contributed by atoms with Crippen LogP contribution in [0.3, 0.4) is 0 Å². The van der Waals surface area contributed by atoms with Gasteiger partial charge in [-0.05, 0) is 27.9 Å². The van der Waals surface area contributed by atoms with Crippen LogP contribution in [0.1, 0.15) is 20.8 Å². The number of hydrogen-bond donors (Lipinski definition) is 1. The summed E-state index contributed by atoms with van der Waals surface area (Å²) in [5.74, 6) is -0.0591. The summed E-state index contributed by atoms with van der Waals surface area (Å²) >= 11 is 1.41. The molecule has 20 heavy (non-hydrogen) atoms. The number of rotatable bonds is 4. The highest BCUT2D eigenvalue weighted by Crippen LogP contribution is 2.12. The van der Waals surface area contributed by atoms with Gasteiger partial charge in [0.2, 0.25) is 5.91 Å². The highest BCUT2D eigenvalue weighted by molar-refractivity contribution is 7.12. The molecule has 0 spiro atoms. The van der Waals surface area contributed by atoms with Crippen LogP contribution < -0.4 is 11.0 Å². The first-order valence-electron chi connectivity index (χ1n) is 6.24. The SMILES string of the molecule is CC(C)(C)C(=O)NCCn1nnn(-c2cccs2)c1=O. The van der Waals surface area contributed by atoms with Gasteiger partial charge in [-0.1, -0.05) is 20.8 Å². The summed E-state index contributed by atoms with van der Waals surface area (Å²) in [6.07, 6.45) is 0. The topological polar surface area (TPSA) is 81.8 Å². The maximum atomic E-state index is 12.0. The maximum Gasteiger partial charge on any atom is 0.369 e. The van der Waals surface area contributed by atoms with Crippen LogP contribution in [0.5, 0.6) is 0 Å². The van der Waals surface area contributed by atoms with Crippen LogP contribution in [-0.4, -0.2) is 32.2 Å². The molecule has 2 aromatic rings. The molecule has 0 saturated heterocycles. The predicted octanol–water partition coefficient (Wildman–Crippen LogP) is 0.653. The fraction of sp³-hybridized carbons (Fsp3) is 0.500. The van der Waals surface area contributed by atoms with Crippen molar-refractivity contribution in [3.8, 4) is 5.00 Å². The van der Waals surface area contributed by atoms with Gasteiger partial charge in [-0.2, -0.15) is 9.36 Å². The van der Waals surface area contributed by atoms with Crippen molar-refractivity contribution >= 4 is 17.2 Å². The highest BCUT2D eigenvalue weighted by Gasteiger charge is 2.20. The van der Waals surface area contributed by atoms with Gasteiger partial charge in [0.15, 0.2) is 0 Å². The van der Waals surface area contributed by atoms with E-state index in [0.29, 0.717) is 13.1 Å². The number of amides is 1. The van der Waals surface area contributed by atoms with Gasteiger partial charge < -0.3 is 5.32 Å². The molecule has 0 atom stereocenters. The molecule has 7 nitrogen and oxygen atoms in total. The molecule has 0 unspecified atom stereocenters. The molecule has 0 aromatic carbocycles. The number of thiophene rings is 1. The van der Waals surface area contributed by atoms with E-state index < -0.39 is 5.41 Å². The van der Waals surface area contributed by atoms with Crippen molar-refractivity contribution in [2.75, 3.05) is 6.54 Å². The van der Waals surface area contributed by atoms with E-state index in [1.807, 2.05) is 32.2 Å². The third-order valence-electron chi connectivity index (χ3n) is 2.64. The van der Waals surface area contributed by atoms with E-state index in [4.69, 9.17) is 0 Å². The van der Waals surface area contributed by atoms with Gasteiger partial charge in [0.05, 0.1) is 6.54 Å². The lowest BCUT2D eigenvalue weighted by Gasteiger charge is -2.17. The maximum absolute atomic E-state index is 12.0. The van der Waals surface area contributed by atoms with Crippen molar-refractivity contribution in [2.45, 2.75) is 27.3 Å². The largest absolute Gasteiger partial charge is 0.369 e.